The van der Waals surface area contributed by atoms with Crippen LogP contribution in [0, 0.1) is 0 Å². The fourth-order valence-corrected chi connectivity index (χ4v) is 1.77. The maximum atomic E-state index is 10.9. The van der Waals surface area contributed by atoms with E-state index < -0.39 is 0 Å². The fourth-order valence-electron chi connectivity index (χ4n) is 1.77. The van der Waals surface area contributed by atoms with Gasteiger partial charge < -0.3 is 5.32 Å². The van der Waals surface area contributed by atoms with Gasteiger partial charge in [0.15, 0.2) is 0 Å². The van der Waals surface area contributed by atoms with Gasteiger partial charge in [-0.2, -0.15) is 0 Å². The molecule has 3 heteroatoms. The summed E-state index contributed by atoms with van der Waals surface area (Å²) in [6.45, 7) is 1.51. The first-order chi connectivity index (χ1) is 7.25. The van der Waals surface area contributed by atoms with Crippen molar-refractivity contribution in [1.29, 1.82) is 0 Å². The third-order valence-corrected chi connectivity index (χ3v) is 2.43. The molecule has 78 valence electrons. The standard InChI is InChI=1S/C12H14N2O/c1-9(15)13-12-8-4-6-10-5-2-3-7-11(10)14-12/h2-3,5,7H,4,6,8H2,1H3,(H,13,14,15). The SMILES string of the molecule is CC(=O)NC1=Nc2ccccc2CCC1. The van der Waals surface area contributed by atoms with Crippen LogP contribution in [0.2, 0.25) is 0 Å². The van der Waals surface area contributed by atoms with E-state index in [9.17, 15) is 4.79 Å². The van der Waals surface area contributed by atoms with Gasteiger partial charge in [0, 0.05) is 13.3 Å². The first kappa shape index (κ1) is 9.90. The average molecular weight is 202 g/mol. The highest BCUT2D eigenvalue weighted by Crippen LogP contribution is 2.23. The number of para-hydroxylation sites is 1. The molecule has 0 spiro atoms. The molecule has 1 aromatic carbocycles. The predicted octanol–water partition coefficient (Wildman–Crippen LogP) is 2.19. The third kappa shape index (κ3) is 2.43. The number of nitrogens with zero attached hydrogens (tertiary/aromatic N) is 1. The lowest BCUT2D eigenvalue weighted by Gasteiger charge is -2.03. The zero-order chi connectivity index (χ0) is 10.7. The highest BCUT2D eigenvalue weighted by atomic mass is 16.1. The van der Waals surface area contributed by atoms with Crippen LogP contribution in [0.1, 0.15) is 25.3 Å². The molecular formula is C12H14N2O. The molecule has 0 unspecified atom stereocenters. The van der Waals surface area contributed by atoms with Crippen molar-refractivity contribution in [3.8, 4) is 0 Å². The summed E-state index contributed by atoms with van der Waals surface area (Å²) in [7, 11) is 0. The van der Waals surface area contributed by atoms with E-state index in [1.54, 1.807) is 0 Å². The monoisotopic (exact) mass is 202 g/mol. The Morgan fingerprint density at radius 3 is 2.93 bits per heavy atom. The second-order valence-corrected chi connectivity index (χ2v) is 3.72. The van der Waals surface area contributed by atoms with Gasteiger partial charge in [-0.1, -0.05) is 18.2 Å². The molecule has 0 aromatic heterocycles. The maximum absolute atomic E-state index is 10.9. The van der Waals surface area contributed by atoms with Crippen LogP contribution in [0.25, 0.3) is 0 Å². The summed E-state index contributed by atoms with van der Waals surface area (Å²) >= 11 is 0. The van der Waals surface area contributed by atoms with Gasteiger partial charge in [0.2, 0.25) is 5.91 Å². The summed E-state index contributed by atoms with van der Waals surface area (Å²) in [6, 6.07) is 8.08. The van der Waals surface area contributed by atoms with Gasteiger partial charge in [-0.15, -0.1) is 0 Å². The lowest BCUT2D eigenvalue weighted by Crippen LogP contribution is -2.27. The maximum Gasteiger partial charge on any atom is 0.222 e. The van der Waals surface area contributed by atoms with E-state index in [0.717, 1.165) is 30.8 Å². The van der Waals surface area contributed by atoms with Gasteiger partial charge in [0.25, 0.3) is 0 Å². The Morgan fingerprint density at radius 2 is 2.13 bits per heavy atom. The summed E-state index contributed by atoms with van der Waals surface area (Å²) in [5, 5.41) is 2.77. The number of benzene rings is 1. The number of aryl methyl sites for hydroxylation is 1. The van der Waals surface area contributed by atoms with Crippen LogP contribution in [0.4, 0.5) is 5.69 Å². The molecule has 2 rings (SSSR count). The van der Waals surface area contributed by atoms with Crippen molar-refractivity contribution in [2.45, 2.75) is 26.2 Å². The smallest absolute Gasteiger partial charge is 0.222 e. The number of carbonyl (C=O) groups excluding carboxylic acids is 1. The molecule has 0 radical (unpaired) electrons. The van der Waals surface area contributed by atoms with E-state index >= 15 is 0 Å². The summed E-state index contributed by atoms with van der Waals surface area (Å²) in [5.74, 6) is 0.737. The molecule has 1 N–H and O–H groups in total. The van der Waals surface area contributed by atoms with E-state index in [0.29, 0.717) is 0 Å². The van der Waals surface area contributed by atoms with E-state index in [-0.39, 0.29) is 5.91 Å². The third-order valence-electron chi connectivity index (χ3n) is 2.43. The number of aliphatic imine (C=N–C) groups is 1. The van der Waals surface area contributed by atoms with Crippen molar-refractivity contribution in [3.05, 3.63) is 29.8 Å². The van der Waals surface area contributed by atoms with Gasteiger partial charge in [0.05, 0.1) is 5.69 Å². The number of amidine groups is 1. The van der Waals surface area contributed by atoms with E-state index in [1.807, 2.05) is 18.2 Å². The lowest BCUT2D eigenvalue weighted by atomic mass is 10.1. The van der Waals surface area contributed by atoms with Crippen LogP contribution in [-0.2, 0) is 11.2 Å². The van der Waals surface area contributed by atoms with Crippen LogP contribution >= 0.6 is 0 Å². The minimum Gasteiger partial charge on any atom is -0.314 e. The Morgan fingerprint density at radius 1 is 1.33 bits per heavy atom. The quantitative estimate of drug-likeness (QED) is 0.688. The Balaban J connectivity index is 2.29. The van der Waals surface area contributed by atoms with Gasteiger partial charge in [-0.25, -0.2) is 4.99 Å². The van der Waals surface area contributed by atoms with E-state index in [1.165, 1.54) is 12.5 Å². The van der Waals surface area contributed by atoms with Gasteiger partial charge in [-0.05, 0) is 24.5 Å². The van der Waals surface area contributed by atoms with Crippen LogP contribution in [0.15, 0.2) is 29.3 Å². The Hall–Kier alpha value is -1.64. The highest BCUT2D eigenvalue weighted by Gasteiger charge is 2.09. The Bertz CT molecular complexity index is 410. The number of hydrogen-bond donors (Lipinski definition) is 1. The minimum atomic E-state index is -0.0480. The Labute approximate surface area is 89.2 Å². The van der Waals surface area contributed by atoms with Gasteiger partial charge in [0.1, 0.15) is 5.84 Å². The molecule has 15 heavy (non-hydrogen) atoms. The zero-order valence-corrected chi connectivity index (χ0v) is 8.79. The van der Waals surface area contributed by atoms with Crippen molar-refractivity contribution in [3.63, 3.8) is 0 Å². The van der Waals surface area contributed by atoms with Crippen molar-refractivity contribution < 1.29 is 4.79 Å². The number of amides is 1. The second kappa shape index (κ2) is 4.26. The van der Waals surface area contributed by atoms with Crippen LogP contribution in [-0.4, -0.2) is 11.7 Å². The molecule has 1 aromatic rings. The first-order valence-corrected chi connectivity index (χ1v) is 5.19. The molecule has 1 heterocycles. The van der Waals surface area contributed by atoms with Crippen molar-refractivity contribution in [2.75, 3.05) is 0 Å². The number of nitrogens with one attached hydrogen (secondary N) is 1. The molecule has 0 atom stereocenters. The molecular weight excluding hydrogens is 188 g/mol. The Kier molecular flexibility index (Phi) is 2.81. The summed E-state index contributed by atoms with van der Waals surface area (Å²) < 4.78 is 0. The van der Waals surface area contributed by atoms with Crippen LogP contribution in [0.5, 0.6) is 0 Å². The fraction of sp³-hybridized carbons (Fsp3) is 0.333. The van der Waals surface area contributed by atoms with Gasteiger partial charge in [-0.3, -0.25) is 4.79 Å². The van der Waals surface area contributed by atoms with Crippen molar-refractivity contribution in [1.82, 2.24) is 5.32 Å². The number of fused-ring (bicyclic) bond motifs is 1. The van der Waals surface area contributed by atoms with Crippen LogP contribution in [0.3, 0.4) is 0 Å². The summed E-state index contributed by atoms with van der Waals surface area (Å²) in [5.41, 5.74) is 2.25. The van der Waals surface area contributed by atoms with Crippen molar-refractivity contribution in [2.24, 2.45) is 4.99 Å². The van der Waals surface area contributed by atoms with Gasteiger partial charge >= 0.3 is 0 Å². The molecule has 0 bridgehead atoms. The molecule has 0 saturated heterocycles. The molecule has 1 amide bonds. The normalized spacial score (nSPS) is 14.9. The zero-order valence-electron chi connectivity index (χ0n) is 8.79. The summed E-state index contributed by atoms with van der Waals surface area (Å²) in [6.07, 6.45) is 2.91. The number of carbonyl (C=O) groups is 1. The lowest BCUT2D eigenvalue weighted by molar-refractivity contribution is -0.117. The molecule has 3 nitrogen and oxygen atoms in total. The summed E-state index contributed by atoms with van der Waals surface area (Å²) in [4.78, 5) is 15.4. The molecule has 0 saturated carbocycles. The molecule has 0 fully saturated rings. The largest absolute Gasteiger partial charge is 0.314 e. The van der Waals surface area contributed by atoms with E-state index in [4.69, 9.17) is 0 Å². The van der Waals surface area contributed by atoms with Crippen LogP contribution < -0.4 is 5.32 Å². The molecule has 1 aliphatic heterocycles. The molecule has 0 aliphatic carbocycles. The average Bonchev–Trinajstić information content (AvgIpc) is 2.38. The predicted molar refractivity (Wildman–Crippen MR) is 60.3 cm³/mol. The second-order valence-electron chi connectivity index (χ2n) is 3.72. The van der Waals surface area contributed by atoms with E-state index in [2.05, 4.69) is 16.4 Å². The number of hydrogen-bond acceptors (Lipinski definition) is 2. The number of rotatable bonds is 0. The molecule has 1 aliphatic rings. The van der Waals surface area contributed by atoms with Crippen molar-refractivity contribution >= 4 is 17.4 Å². The first-order valence-electron chi connectivity index (χ1n) is 5.19. The minimum absolute atomic E-state index is 0.0480. The highest BCUT2D eigenvalue weighted by molar-refractivity contribution is 5.98. The topological polar surface area (TPSA) is 41.5 Å².